The molecule has 2 saturated heterocycles. The lowest BCUT2D eigenvalue weighted by molar-refractivity contribution is -0.207. The van der Waals surface area contributed by atoms with Crippen LogP contribution in [0.1, 0.15) is 99.3 Å². The molecule has 0 spiro atoms. The summed E-state index contributed by atoms with van der Waals surface area (Å²) in [7, 11) is -0.807. The van der Waals surface area contributed by atoms with Crippen molar-refractivity contribution in [2.75, 3.05) is 6.61 Å². The summed E-state index contributed by atoms with van der Waals surface area (Å²) in [6.07, 6.45) is 6.92. The Bertz CT molecular complexity index is 683. The summed E-state index contributed by atoms with van der Waals surface area (Å²) in [6, 6.07) is 0. The van der Waals surface area contributed by atoms with E-state index in [-0.39, 0.29) is 53.4 Å². The molecule has 0 radical (unpaired) electrons. The van der Waals surface area contributed by atoms with Crippen LogP contribution in [-0.4, -0.2) is 58.5 Å². The Morgan fingerprint density at radius 3 is 2.44 bits per heavy atom. The van der Waals surface area contributed by atoms with Gasteiger partial charge in [0, 0.05) is 38.2 Å². The standard InChI is InChI=1S/C26H46O7Si/c1-17(27)30-20-16-21(32-23-12-7-8-15-29-23)24(26(5,6)33-34-25(2,3)4)19(20)14-13-18-10-9-11-22(28)31-18/h18-21,23-24H,7-16,34H2,1-6H3. The van der Waals surface area contributed by atoms with E-state index in [9.17, 15) is 9.59 Å². The second kappa shape index (κ2) is 11.8. The number of carbonyl (C=O) groups excluding carboxylic acids is 2. The van der Waals surface area contributed by atoms with Gasteiger partial charge in [-0.3, -0.25) is 9.59 Å². The molecule has 3 aliphatic rings. The highest BCUT2D eigenvalue weighted by molar-refractivity contribution is 6.31. The monoisotopic (exact) mass is 498 g/mol. The minimum atomic E-state index is -0.807. The molecule has 0 aromatic carbocycles. The number of esters is 2. The van der Waals surface area contributed by atoms with Crippen molar-refractivity contribution in [1.29, 1.82) is 0 Å². The average molecular weight is 499 g/mol. The minimum Gasteiger partial charge on any atom is -0.462 e. The molecule has 6 atom stereocenters. The highest BCUT2D eigenvalue weighted by Crippen LogP contribution is 2.47. The van der Waals surface area contributed by atoms with Crippen molar-refractivity contribution in [1.82, 2.24) is 0 Å². The summed E-state index contributed by atoms with van der Waals surface area (Å²) < 4.78 is 30.6. The van der Waals surface area contributed by atoms with E-state index in [1.54, 1.807) is 0 Å². The van der Waals surface area contributed by atoms with Gasteiger partial charge in [-0.15, -0.1) is 0 Å². The van der Waals surface area contributed by atoms with Gasteiger partial charge in [-0.2, -0.15) is 0 Å². The van der Waals surface area contributed by atoms with E-state index in [0.717, 1.165) is 51.6 Å². The number of hydrogen-bond acceptors (Lipinski definition) is 7. The molecule has 0 amide bonds. The first-order valence-electron chi connectivity index (χ1n) is 13.2. The van der Waals surface area contributed by atoms with Crippen molar-refractivity contribution in [2.45, 2.75) is 135 Å². The maximum atomic E-state index is 12.0. The van der Waals surface area contributed by atoms with Crippen molar-refractivity contribution in [3.8, 4) is 0 Å². The van der Waals surface area contributed by atoms with Crippen LogP contribution in [-0.2, 0) is 33.0 Å². The summed E-state index contributed by atoms with van der Waals surface area (Å²) in [5, 5.41) is 0.166. The SMILES string of the molecule is CC(=O)OC1CC(OC2CCCCO2)C(C(C)(C)O[SiH2]C(C)(C)C)C1CCC1CCCC(=O)O1. The van der Waals surface area contributed by atoms with Crippen molar-refractivity contribution < 1.29 is 33.0 Å². The minimum absolute atomic E-state index is 0.0523. The van der Waals surface area contributed by atoms with Gasteiger partial charge in [0.1, 0.15) is 12.2 Å². The van der Waals surface area contributed by atoms with Crippen molar-refractivity contribution in [2.24, 2.45) is 11.8 Å². The highest BCUT2D eigenvalue weighted by Gasteiger charge is 2.53. The molecule has 8 heteroatoms. The zero-order valence-corrected chi connectivity index (χ0v) is 23.5. The second-order valence-electron chi connectivity index (χ2n) is 12.1. The van der Waals surface area contributed by atoms with Crippen LogP contribution in [0, 0.1) is 11.8 Å². The Kier molecular flexibility index (Phi) is 9.63. The predicted molar refractivity (Wildman–Crippen MR) is 132 cm³/mol. The number of carbonyl (C=O) groups is 2. The normalized spacial score (nSPS) is 33.3. The van der Waals surface area contributed by atoms with Gasteiger partial charge in [0.15, 0.2) is 16.1 Å². The molecule has 0 N–H and O–H groups in total. The Hall–Kier alpha value is -0.963. The van der Waals surface area contributed by atoms with Crippen LogP contribution in [0.15, 0.2) is 0 Å². The molecule has 3 rings (SSSR count). The van der Waals surface area contributed by atoms with Crippen LogP contribution in [0.2, 0.25) is 5.04 Å². The van der Waals surface area contributed by atoms with Crippen molar-refractivity contribution in [3.05, 3.63) is 0 Å². The topological polar surface area (TPSA) is 80.3 Å². The summed E-state index contributed by atoms with van der Waals surface area (Å²) in [5.41, 5.74) is -0.429. The molecule has 0 aromatic heterocycles. The first-order chi connectivity index (χ1) is 15.9. The summed E-state index contributed by atoms with van der Waals surface area (Å²) in [5.74, 6) is -0.250. The molecule has 196 valence electrons. The van der Waals surface area contributed by atoms with Crippen molar-refractivity contribution in [3.63, 3.8) is 0 Å². The Morgan fingerprint density at radius 2 is 1.82 bits per heavy atom. The van der Waals surface area contributed by atoms with E-state index in [1.807, 2.05) is 0 Å². The van der Waals surface area contributed by atoms with Gasteiger partial charge in [-0.25, -0.2) is 0 Å². The van der Waals surface area contributed by atoms with Crippen LogP contribution >= 0.6 is 0 Å². The lowest BCUT2D eigenvalue weighted by atomic mass is 9.78. The van der Waals surface area contributed by atoms with Crippen LogP contribution in [0.3, 0.4) is 0 Å². The predicted octanol–water partition coefficient (Wildman–Crippen LogP) is 4.44. The van der Waals surface area contributed by atoms with Gasteiger partial charge in [-0.1, -0.05) is 20.8 Å². The van der Waals surface area contributed by atoms with E-state index >= 15 is 0 Å². The zero-order valence-electron chi connectivity index (χ0n) is 22.1. The van der Waals surface area contributed by atoms with E-state index in [4.69, 9.17) is 23.4 Å². The third kappa shape index (κ3) is 8.03. The molecule has 0 bridgehead atoms. The quantitative estimate of drug-likeness (QED) is 0.343. The smallest absolute Gasteiger partial charge is 0.306 e. The fraction of sp³-hybridized carbons (Fsp3) is 0.923. The van der Waals surface area contributed by atoms with Crippen molar-refractivity contribution >= 4 is 21.7 Å². The maximum Gasteiger partial charge on any atom is 0.306 e. The Balaban J connectivity index is 1.81. The second-order valence-corrected chi connectivity index (χ2v) is 14.8. The van der Waals surface area contributed by atoms with Crippen LogP contribution < -0.4 is 0 Å². The van der Waals surface area contributed by atoms with E-state index < -0.39 is 15.4 Å². The first-order valence-corrected chi connectivity index (χ1v) is 14.5. The number of rotatable bonds is 9. The molecule has 34 heavy (non-hydrogen) atoms. The van der Waals surface area contributed by atoms with Gasteiger partial charge in [-0.05, 0) is 63.8 Å². The van der Waals surface area contributed by atoms with Gasteiger partial charge in [0.25, 0.3) is 0 Å². The van der Waals surface area contributed by atoms with Crippen LogP contribution in [0.5, 0.6) is 0 Å². The summed E-state index contributed by atoms with van der Waals surface area (Å²) in [6.45, 7) is 13.2. The maximum absolute atomic E-state index is 12.0. The van der Waals surface area contributed by atoms with Gasteiger partial charge >= 0.3 is 11.9 Å². The fourth-order valence-corrected chi connectivity index (χ4v) is 6.74. The molecule has 1 saturated carbocycles. The molecule has 0 aromatic rings. The number of ether oxygens (including phenoxy) is 4. The van der Waals surface area contributed by atoms with Crippen LogP contribution in [0.4, 0.5) is 0 Å². The van der Waals surface area contributed by atoms with Crippen LogP contribution in [0.25, 0.3) is 0 Å². The highest BCUT2D eigenvalue weighted by atomic mass is 28.2. The number of cyclic esters (lactones) is 1. The molecular formula is C26H46O7Si. The summed E-state index contributed by atoms with van der Waals surface area (Å²) >= 11 is 0. The molecular weight excluding hydrogens is 452 g/mol. The fourth-order valence-electron chi connectivity index (χ4n) is 5.75. The third-order valence-corrected chi connectivity index (χ3v) is 9.05. The Labute approximate surface area is 207 Å². The molecule has 2 heterocycles. The lowest BCUT2D eigenvalue weighted by Crippen LogP contribution is -2.47. The van der Waals surface area contributed by atoms with Gasteiger partial charge in [0.2, 0.25) is 0 Å². The Morgan fingerprint density at radius 1 is 1.06 bits per heavy atom. The van der Waals surface area contributed by atoms with E-state index in [1.165, 1.54) is 6.92 Å². The first kappa shape index (κ1) is 27.6. The summed E-state index contributed by atoms with van der Waals surface area (Å²) in [4.78, 5) is 23.8. The molecule has 3 fully saturated rings. The molecule has 1 aliphatic carbocycles. The molecule has 6 unspecified atom stereocenters. The largest absolute Gasteiger partial charge is 0.462 e. The number of hydrogen-bond donors (Lipinski definition) is 0. The van der Waals surface area contributed by atoms with Gasteiger partial charge in [0.05, 0.1) is 11.7 Å². The lowest BCUT2D eigenvalue weighted by Gasteiger charge is -2.42. The molecule has 2 aliphatic heterocycles. The molecule has 7 nitrogen and oxygen atoms in total. The van der Waals surface area contributed by atoms with Gasteiger partial charge < -0.3 is 23.4 Å². The van der Waals surface area contributed by atoms with E-state index in [0.29, 0.717) is 12.8 Å². The zero-order chi connectivity index (χ0) is 24.9. The third-order valence-electron chi connectivity index (χ3n) is 7.29. The van der Waals surface area contributed by atoms with E-state index in [2.05, 4.69) is 34.6 Å². The average Bonchev–Trinajstić information content (AvgIpc) is 3.08.